The number of carbonyl (C=O) groups excluding carboxylic acids is 1. The van der Waals surface area contributed by atoms with Crippen molar-refractivity contribution in [3.63, 3.8) is 0 Å². The van der Waals surface area contributed by atoms with Crippen LogP contribution in [0.3, 0.4) is 0 Å². The molecule has 6 nitrogen and oxygen atoms in total. The summed E-state index contributed by atoms with van der Waals surface area (Å²) >= 11 is 3.06. The summed E-state index contributed by atoms with van der Waals surface area (Å²) in [6.45, 7) is 0.132. The van der Waals surface area contributed by atoms with E-state index in [9.17, 15) is 4.79 Å². The number of nitrogens with zero attached hydrogens (tertiary/aromatic N) is 2. The number of rotatable bonds is 9. The molecule has 0 unspecified atom stereocenters. The van der Waals surface area contributed by atoms with Crippen molar-refractivity contribution in [2.24, 2.45) is 0 Å². The molecule has 0 bridgehead atoms. The van der Waals surface area contributed by atoms with Gasteiger partial charge in [0.25, 0.3) is 0 Å². The molecule has 0 atom stereocenters. The lowest BCUT2D eigenvalue weighted by molar-refractivity contribution is 0.101. The van der Waals surface area contributed by atoms with Gasteiger partial charge < -0.3 is 14.8 Å². The van der Waals surface area contributed by atoms with Gasteiger partial charge in [0.15, 0.2) is 21.6 Å². The van der Waals surface area contributed by atoms with Crippen LogP contribution in [0.15, 0.2) is 52.9 Å². The summed E-state index contributed by atoms with van der Waals surface area (Å²) in [5.41, 5.74) is 1.78. The van der Waals surface area contributed by atoms with E-state index in [4.69, 9.17) is 9.47 Å². The topological polar surface area (TPSA) is 73.3 Å². The third-order valence-corrected chi connectivity index (χ3v) is 5.80. The van der Waals surface area contributed by atoms with Crippen molar-refractivity contribution in [3.05, 3.63) is 59.7 Å². The first kappa shape index (κ1) is 19.2. The molecule has 0 aliphatic rings. The van der Waals surface area contributed by atoms with Crippen LogP contribution in [-0.2, 0) is 5.75 Å². The van der Waals surface area contributed by atoms with Crippen LogP contribution in [0, 0.1) is 0 Å². The second kappa shape index (κ2) is 9.38. The average Bonchev–Trinajstić information content (AvgIpc) is 3.18. The molecule has 0 fully saturated rings. The molecular formula is C19H19N3O3S2. The number of ketones is 1. The van der Waals surface area contributed by atoms with Crippen LogP contribution < -0.4 is 14.8 Å². The Bertz CT molecular complexity index is 900. The number of benzene rings is 2. The maximum absolute atomic E-state index is 12.4. The first-order valence-corrected chi connectivity index (χ1v) is 9.99. The van der Waals surface area contributed by atoms with Gasteiger partial charge in [-0.15, -0.1) is 10.2 Å². The lowest BCUT2D eigenvalue weighted by Gasteiger charge is -2.09. The highest BCUT2D eigenvalue weighted by molar-refractivity contribution is 8.00. The number of carbonyl (C=O) groups is 1. The number of Topliss-reactive ketones (excluding diaryl/α,β-unsaturated/α-hetero) is 1. The van der Waals surface area contributed by atoms with E-state index in [0.717, 1.165) is 10.1 Å². The standard InChI is InChI=1S/C19H19N3O3S2/c1-24-16-9-8-14(10-17(16)25-2)15(23)11-20-18-21-22-19(27-18)26-12-13-6-4-3-5-7-13/h3-10H,11-12H2,1-2H3,(H,20,21). The highest BCUT2D eigenvalue weighted by Gasteiger charge is 2.12. The number of ether oxygens (including phenoxy) is 2. The van der Waals surface area contributed by atoms with Crippen molar-refractivity contribution in [2.75, 3.05) is 26.1 Å². The van der Waals surface area contributed by atoms with E-state index in [0.29, 0.717) is 22.2 Å². The number of anilines is 1. The summed E-state index contributed by atoms with van der Waals surface area (Å²) in [5, 5.41) is 11.9. The summed E-state index contributed by atoms with van der Waals surface area (Å²) < 4.78 is 11.3. The Labute approximate surface area is 165 Å². The molecule has 1 aromatic heterocycles. The molecule has 0 saturated carbocycles. The quantitative estimate of drug-likeness (QED) is 0.427. The Morgan fingerprint density at radius 1 is 1.07 bits per heavy atom. The number of hydrogen-bond donors (Lipinski definition) is 1. The van der Waals surface area contributed by atoms with Gasteiger partial charge in [-0.1, -0.05) is 53.4 Å². The molecule has 1 N–H and O–H groups in total. The van der Waals surface area contributed by atoms with Gasteiger partial charge in [-0.05, 0) is 23.8 Å². The molecule has 0 amide bonds. The molecule has 140 valence electrons. The highest BCUT2D eigenvalue weighted by Crippen LogP contribution is 2.29. The Kier molecular flexibility index (Phi) is 6.67. The Morgan fingerprint density at radius 2 is 1.85 bits per heavy atom. The molecule has 0 aliphatic heterocycles. The Morgan fingerprint density at radius 3 is 2.59 bits per heavy atom. The maximum atomic E-state index is 12.4. The van der Waals surface area contributed by atoms with E-state index in [-0.39, 0.29) is 12.3 Å². The minimum absolute atomic E-state index is 0.0651. The van der Waals surface area contributed by atoms with Crippen molar-refractivity contribution in [1.82, 2.24) is 10.2 Å². The van der Waals surface area contributed by atoms with Crippen LogP contribution in [0.4, 0.5) is 5.13 Å². The highest BCUT2D eigenvalue weighted by atomic mass is 32.2. The predicted molar refractivity (Wildman–Crippen MR) is 108 cm³/mol. The summed E-state index contributed by atoms with van der Waals surface area (Å²) in [7, 11) is 3.10. The van der Waals surface area contributed by atoms with Gasteiger partial charge in [0.1, 0.15) is 0 Å². The second-order valence-electron chi connectivity index (χ2n) is 5.49. The third kappa shape index (κ3) is 5.21. The second-order valence-corrected chi connectivity index (χ2v) is 7.69. The minimum atomic E-state index is -0.0651. The number of nitrogens with one attached hydrogen (secondary N) is 1. The lowest BCUT2D eigenvalue weighted by atomic mass is 10.1. The van der Waals surface area contributed by atoms with E-state index in [1.54, 1.807) is 44.2 Å². The van der Waals surface area contributed by atoms with Gasteiger partial charge >= 0.3 is 0 Å². The fraction of sp³-hybridized carbons (Fsp3) is 0.211. The fourth-order valence-corrected chi connectivity index (χ4v) is 4.03. The fourth-order valence-electron chi connectivity index (χ4n) is 2.33. The van der Waals surface area contributed by atoms with Gasteiger partial charge in [-0.25, -0.2) is 0 Å². The zero-order valence-electron chi connectivity index (χ0n) is 15.0. The summed E-state index contributed by atoms with van der Waals surface area (Å²) in [5.74, 6) is 1.88. The van der Waals surface area contributed by atoms with Crippen molar-refractivity contribution < 1.29 is 14.3 Å². The van der Waals surface area contributed by atoms with Gasteiger partial charge in [-0.3, -0.25) is 4.79 Å². The van der Waals surface area contributed by atoms with Gasteiger partial charge in [0.05, 0.1) is 20.8 Å². The number of methoxy groups -OCH3 is 2. The largest absolute Gasteiger partial charge is 0.493 e. The molecule has 0 aliphatic carbocycles. The maximum Gasteiger partial charge on any atom is 0.206 e. The molecule has 8 heteroatoms. The Balaban J connectivity index is 1.54. The van der Waals surface area contributed by atoms with Crippen LogP contribution in [0.5, 0.6) is 11.5 Å². The van der Waals surface area contributed by atoms with Crippen LogP contribution in [0.1, 0.15) is 15.9 Å². The van der Waals surface area contributed by atoms with Gasteiger partial charge in [0.2, 0.25) is 5.13 Å². The number of aromatic nitrogens is 2. The molecule has 0 radical (unpaired) electrons. The number of hydrogen-bond acceptors (Lipinski definition) is 8. The normalized spacial score (nSPS) is 10.4. The molecule has 0 saturated heterocycles. The molecule has 2 aromatic carbocycles. The third-order valence-electron chi connectivity index (χ3n) is 3.72. The predicted octanol–water partition coefficient (Wildman–Crippen LogP) is 4.14. The van der Waals surface area contributed by atoms with Crippen LogP contribution >= 0.6 is 23.1 Å². The molecule has 3 rings (SSSR count). The minimum Gasteiger partial charge on any atom is -0.493 e. The molecule has 1 heterocycles. The first-order valence-electron chi connectivity index (χ1n) is 8.19. The Hall–Kier alpha value is -2.58. The number of thioether (sulfide) groups is 1. The summed E-state index contributed by atoms with van der Waals surface area (Å²) in [6.07, 6.45) is 0. The van der Waals surface area contributed by atoms with Crippen LogP contribution in [-0.4, -0.2) is 36.7 Å². The summed E-state index contributed by atoms with van der Waals surface area (Å²) in [4.78, 5) is 12.4. The first-order chi connectivity index (χ1) is 13.2. The van der Waals surface area contributed by atoms with Crippen molar-refractivity contribution in [1.29, 1.82) is 0 Å². The van der Waals surface area contributed by atoms with Crippen LogP contribution in [0.2, 0.25) is 0 Å². The van der Waals surface area contributed by atoms with Gasteiger partial charge in [-0.2, -0.15) is 0 Å². The van der Waals surface area contributed by atoms with E-state index in [2.05, 4.69) is 27.6 Å². The molecule has 27 heavy (non-hydrogen) atoms. The monoisotopic (exact) mass is 401 g/mol. The van der Waals surface area contributed by atoms with Crippen LogP contribution in [0.25, 0.3) is 0 Å². The lowest BCUT2D eigenvalue weighted by Crippen LogP contribution is -2.14. The van der Waals surface area contributed by atoms with E-state index < -0.39 is 0 Å². The van der Waals surface area contributed by atoms with Gasteiger partial charge in [0, 0.05) is 11.3 Å². The smallest absolute Gasteiger partial charge is 0.206 e. The zero-order chi connectivity index (χ0) is 19.1. The van der Waals surface area contributed by atoms with Crippen molar-refractivity contribution in [3.8, 4) is 11.5 Å². The zero-order valence-corrected chi connectivity index (χ0v) is 16.6. The van der Waals surface area contributed by atoms with E-state index in [1.807, 2.05) is 18.2 Å². The van der Waals surface area contributed by atoms with Crippen molar-refractivity contribution >= 4 is 34.0 Å². The average molecular weight is 402 g/mol. The molecule has 3 aromatic rings. The molecular weight excluding hydrogens is 382 g/mol. The van der Waals surface area contributed by atoms with E-state index in [1.165, 1.54) is 16.9 Å². The summed E-state index contributed by atoms with van der Waals surface area (Å²) in [6, 6.07) is 15.3. The SMILES string of the molecule is COc1ccc(C(=O)CNc2nnc(SCc3ccccc3)s2)cc1OC. The molecule has 0 spiro atoms. The van der Waals surface area contributed by atoms with E-state index >= 15 is 0 Å². The van der Waals surface area contributed by atoms with Crippen molar-refractivity contribution in [2.45, 2.75) is 10.1 Å².